The molecule has 1 amide bonds. The van der Waals surface area contributed by atoms with Crippen LogP contribution in [0.15, 0.2) is 22.7 Å². The number of ether oxygens (including phenoxy) is 1. The van der Waals surface area contributed by atoms with Gasteiger partial charge in [0.2, 0.25) is 0 Å². The third-order valence-corrected chi connectivity index (χ3v) is 9.50. The second kappa shape index (κ2) is 6.53. The third kappa shape index (κ3) is 4.13. The van der Waals surface area contributed by atoms with E-state index in [1.165, 1.54) is 11.0 Å². The molecule has 23 heavy (non-hydrogen) atoms. The van der Waals surface area contributed by atoms with Gasteiger partial charge in [-0.15, -0.1) is 0 Å². The molecule has 0 unspecified atom stereocenters. The Morgan fingerprint density at radius 3 is 2.65 bits per heavy atom. The van der Waals surface area contributed by atoms with Crippen molar-refractivity contribution in [1.29, 1.82) is 0 Å². The van der Waals surface area contributed by atoms with Crippen molar-refractivity contribution in [2.75, 3.05) is 18.1 Å². The summed E-state index contributed by atoms with van der Waals surface area (Å²) in [6.45, 7) is 11.4. The van der Waals surface area contributed by atoms with Crippen molar-refractivity contribution in [3.63, 3.8) is 0 Å². The van der Waals surface area contributed by atoms with E-state index in [9.17, 15) is 9.18 Å². The fraction of sp³-hybridized carbons (Fsp3) is 0.562. The second-order valence-corrected chi connectivity index (χ2v) is 13.0. The van der Waals surface area contributed by atoms with E-state index in [4.69, 9.17) is 9.16 Å². The molecule has 0 saturated carbocycles. The molecular formula is C16H23BrFNO3Si. The summed E-state index contributed by atoms with van der Waals surface area (Å²) in [7, 11) is -1.90. The van der Waals surface area contributed by atoms with Gasteiger partial charge in [0.15, 0.2) is 8.32 Å². The molecule has 128 valence electrons. The number of carbonyl (C=O) groups is 1. The fourth-order valence-corrected chi connectivity index (χ4v) is 3.39. The first-order valence-electron chi connectivity index (χ1n) is 7.58. The standard InChI is InChI=1S/C16H23BrFNO3Si/c1-16(2,3)23(4,5)21-10-12-9-19(15(20)22-12)14-7-6-11(17)8-13(14)18/h6-8,12H,9-10H2,1-5H3/t12-/m1/s1. The largest absolute Gasteiger partial charge is 0.442 e. The molecule has 1 atom stereocenters. The Morgan fingerprint density at radius 2 is 2.09 bits per heavy atom. The van der Waals surface area contributed by atoms with Crippen molar-refractivity contribution < 1.29 is 18.3 Å². The minimum Gasteiger partial charge on any atom is -0.442 e. The van der Waals surface area contributed by atoms with E-state index in [1.807, 2.05) is 0 Å². The topological polar surface area (TPSA) is 38.8 Å². The Kier molecular flexibility index (Phi) is 5.23. The maximum atomic E-state index is 14.0. The number of hydrogen-bond donors (Lipinski definition) is 0. The summed E-state index contributed by atoms with van der Waals surface area (Å²) < 4.78 is 26.1. The van der Waals surface area contributed by atoms with Crippen LogP contribution in [0.5, 0.6) is 0 Å². The van der Waals surface area contributed by atoms with Gasteiger partial charge >= 0.3 is 6.09 Å². The number of anilines is 1. The predicted octanol–water partition coefficient (Wildman–Crippen LogP) is 4.94. The van der Waals surface area contributed by atoms with Crippen LogP contribution in [0.25, 0.3) is 0 Å². The van der Waals surface area contributed by atoms with Gasteiger partial charge in [-0.05, 0) is 36.3 Å². The number of carbonyl (C=O) groups excluding carboxylic acids is 1. The van der Waals surface area contributed by atoms with Crippen LogP contribution in [0.4, 0.5) is 14.9 Å². The predicted molar refractivity (Wildman–Crippen MR) is 94.9 cm³/mol. The lowest BCUT2D eigenvalue weighted by molar-refractivity contribution is 0.0996. The highest BCUT2D eigenvalue weighted by Gasteiger charge is 2.40. The number of halogens is 2. The van der Waals surface area contributed by atoms with E-state index in [0.29, 0.717) is 17.6 Å². The minimum atomic E-state index is -1.90. The summed E-state index contributed by atoms with van der Waals surface area (Å²) in [6, 6.07) is 4.60. The average Bonchev–Trinajstić information content (AvgIpc) is 2.76. The number of amides is 1. The molecule has 0 aromatic heterocycles. The lowest BCUT2D eigenvalue weighted by Crippen LogP contribution is -2.43. The zero-order valence-corrected chi connectivity index (χ0v) is 16.7. The van der Waals surface area contributed by atoms with E-state index >= 15 is 0 Å². The van der Waals surface area contributed by atoms with E-state index < -0.39 is 20.2 Å². The minimum absolute atomic E-state index is 0.0904. The number of cyclic esters (lactones) is 1. The first-order valence-corrected chi connectivity index (χ1v) is 11.3. The molecule has 1 aromatic rings. The summed E-state index contributed by atoms with van der Waals surface area (Å²) in [4.78, 5) is 13.3. The SMILES string of the molecule is CC(C)(C)[Si](C)(C)OC[C@H]1CN(c2ccc(Br)cc2F)C(=O)O1. The molecule has 7 heteroatoms. The molecule has 0 aliphatic carbocycles. The van der Waals surface area contributed by atoms with Crippen LogP contribution in [0.1, 0.15) is 20.8 Å². The van der Waals surface area contributed by atoms with Crippen LogP contribution in [-0.2, 0) is 9.16 Å². The van der Waals surface area contributed by atoms with Crippen molar-refractivity contribution in [1.82, 2.24) is 0 Å². The average molecular weight is 404 g/mol. The molecule has 0 spiro atoms. The van der Waals surface area contributed by atoms with Gasteiger partial charge in [0, 0.05) is 4.47 Å². The zero-order chi connectivity index (χ0) is 17.4. The first-order chi connectivity index (χ1) is 10.5. The summed E-state index contributed by atoms with van der Waals surface area (Å²) >= 11 is 3.21. The lowest BCUT2D eigenvalue weighted by Gasteiger charge is -2.36. The van der Waals surface area contributed by atoms with E-state index in [1.54, 1.807) is 12.1 Å². The molecule has 0 N–H and O–H groups in total. The second-order valence-electron chi connectivity index (χ2n) is 7.28. The molecule has 1 saturated heterocycles. The van der Waals surface area contributed by atoms with Crippen LogP contribution in [0.3, 0.4) is 0 Å². The Morgan fingerprint density at radius 1 is 1.43 bits per heavy atom. The van der Waals surface area contributed by atoms with Gasteiger partial charge in [-0.1, -0.05) is 36.7 Å². The van der Waals surface area contributed by atoms with Crippen molar-refractivity contribution in [2.45, 2.75) is 45.0 Å². The highest BCUT2D eigenvalue weighted by Crippen LogP contribution is 2.37. The summed E-state index contributed by atoms with van der Waals surface area (Å²) in [6.07, 6.45) is -0.908. The van der Waals surface area contributed by atoms with Crippen molar-refractivity contribution >= 4 is 36.0 Å². The Hall–Kier alpha value is -0.923. The van der Waals surface area contributed by atoms with Crippen LogP contribution in [-0.4, -0.2) is 33.7 Å². The lowest BCUT2D eigenvalue weighted by atomic mass is 10.2. The Labute approximate surface area is 146 Å². The van der Waals surface area contributed by atoms with Gasteiger partial charge in [-0.25, -0.2) is 9.18 Å². The normalized spacial score (nSPS) is 19.2. The summed E-state index contributed by atoms with van der Waals surface area (Å²) in [5, 5.41) is 0.0904. The fourth-order valence-electron chi connectivity index (χ4n) is 2.02. The van der Waals surface area contributed by atoms with Crippen LogP contribution < -0.4 is 4.90 Å². The molecule has 0 bridgehead atoms. The molecule has 1 aliphatic rings. The zero-order valence-electron chi connectivity index (χ0n) is 14.2. The Balaban J connectivity index is 2.03. The maximum Gasteiger partial charge on any atom is 0.414 e. The van der Waals surface area contributed by atoms with E-state index in [0.717, 1.165) is 0 Å². The Bertz CT molecular complexity index is 603. The van der Waals surface area contributed by atoms with Gasteiger partial charge in [0.25, 0.3) is 0 Å². The van der Waals surface area contributed by atoms with Gasteiger partial charge in [-0.3, -0.25) is 4.90 Å². The molecule has 2 rings (SSSR count). The molecule has 0 radical (unpaired) electrons. The molecular weight excluding hydrogens is 381 g/mol. The molecule has 4 nitrogen and oxygen atoms in total. The van der Waals surface area contributed by atoms with Gasteiger partial charge in [0.1, 0.15) is 11.9 Å². The smallest absolute Gasteiger partial charge is 0.414 e. The first kappa shape index (κ1) is 18.4. The monoisotopic (exact) mass is 403 g/mol. The van der Waals surface area contributed by atoms with E-state index in [-0.39, 0.29) is 16.8 Å². The van der Waals surface area contributed by atoms with Crippen LogP contribution in [0, 0.1) is 5.82 Å². The van der Waals surface area contributed by atoms with Gasteiger partial charge in [-0.2, -0.15) is 0 Å². The van der Waals surface area contributed by atoms with E-state index in [2.05, 4.69) is 49.8 Å². The van der Waals surface area contributed by atoms with Crippen molar-refractivity contribution in [3.05, 3.63) is 28.5 Å². The van der Waals surface area contributed by atoms with Gasteiger partial charge in [0.05, 0.1) is 18.8 Å². The quantitative estimate of drug-likeness (QED) is 0.668. The number of benzene rings is 1. The number of rotatable bonds is 4. The number of hydrogen-bond acceptors (Lipinski definition) is 3. The van der Waals surface area contributed by atoms with Crippen molar-refractivity contribution in [3.8, 4) is 0 Å². The highest BCUT2D eigenvalue weighted by molar-refractivity contribution is 9.10. The molecule has 1 aromatic carbocycles. The number of nitrogens with zero attached hydrogens (tertiary/aromatic N) is 1. The van der Waals surface area contributed by atoms with Crippen LogP contribution in [0.2, 0.25) is 18.1 Å². The highest BCUT2D eigenvalue weighted by atomic mass is 79.9. The third-order valence-electron chi connectivity index (χ3n) is 4.51. The molecule has 1 heterocycles. The summed E-state index contributed by atoms with van der Waals surface area (Å²) in [5.41, 5.74) is 0.230. The van der Waals surface area contributed by atoms with Crippen LogP contribution >= 0.6 is 15.9 Å². The van der Waals surface area contributed by atoms with Crippen molar-refractivity contribution in [2.24, 2.45) is 0 Å². The molecule has 1 aliphatic heterocycles. The maximum absolute atomic E-state index is 14.0. The van der Waals surface area contributed by atoms with Gasteiger partial charge < -0.3 is 9.16 Å². The summed E-state index contributed by atoms with van der Waals surface area (Å²) in [5.74, 6) is -0.456. The molecule has 1 fully saturated rings.